The molecule has 2 N–H and O–H groups in total. The van der Waals surface area contributed by atoms with Crippen LogP contribution in [0.4, 0.5) is 0 Å². The number of ether oxygens (including phenoxy) is 2. The molecule has 5 heteroatoms. The van der Waals surface area contributed by atoms with Crippen LogP contribution in [0.1, 0.15) is 19.4 Å². The molecule has 0 aromatic heterocycles. The van der Waals surface area contributed by atoms with Gasteiger partial charge in [0.05, 0.1) is 20.3 Å². The molecule has 1 aromatic rings. The first-order chi connectivity index (χ1) is 8.04. The van der Waals surface area contributed by atoms with Gasteiger partial charge in [0, 0.05) is 18.6 Å². The maximum atomic E-state index is 9.00. The molecule has 0 atom stereocenters. The summed E-state index contributed by atoms with van der Waals surface area (Å²) in [5, 5.41) is 16.4. The van der Waals surface area contributed by atoms with Crippen molar-refractivity contribution in [2.75, 3.05) is 13.7 Å². The van der Waals surface area contributed by atoms with Gasteiger partial charge in [0.15, 0.2) is 0 Å². The first kappa shape index (κ1) is 15.2. The molecule has 17 heavy (non-hydrogen) atoms. The zero-order chi connectivity index (χ0) is 13.3. The molecule has 0 unspecified atom stereocenters. The Labute approximate surface area is 101 Å². The molecule has 0 amide bonds. The molecule has 0 spiro atoms. The third-order valence-electron chi connectivity index (χ3n) is 1.74. The first-order valence-electron chi connectivity index (χ1n) is 5.15. The van der Waals surface area contributed by atoms with Gasteiger partial charge < -0.3 is 19.7 Å². The second-order valence-electron chi connectivity index (χ2n) is 3.08. The summed E-state index contributed by atoms with van der Waals surface area (Å²) in [6.07, 6.45) is 0. The van der Waals surface area contributed by atoms with Gasteiger partial charge in [-0.15, -0.1) is 0 Å². The van der Waals surface area contributed by atoms with Crippen molar-refractivity contribution >= 4 is 5.97 Å². The number of carbonyl (C=O) groups is 1. The van der Waals surface area contributed by atoms with Crippen molar-refractivity contribution < 1.29 is 24.5 Å². The van der Waals surface area contributed by atoms with Crippen molar-refractivity contribution in [1.82, 2.24) is 0 Å². The molecule has 1 rings (SSSR count). The lowest BCUT2D eigenvalue weighted by molar-refractivity contribution is -0.134. The maximum Gasteiger partial charge on any atom is 0.300 e. The van der Waals surface area contributed by atoms with Crippen LogP contribution in [0.25, 0.3) is 0 Å². The van der Waals surface area contributed by atoms with Crippen LogP contribution < -0.4 is 9.47 Å². The summed E-state index contributed by atoms with van der Waals surface area (Å²) in [6, 6.07) is 5.37. The number of aliphatic carboxylic acids is 1. The molecule has 5 nitrogen and oxygen atoms in total. The number of carboxylic acids is 1. The topological polar surface area (TPSA) is 76.0 Å². The lowest BCUT2D eigenvalue weighted by Gasteiger charge is -2.09. The predicted octanol–water partition coefficient (Wildman–Crippen LogP) is 1.68. The highest BCUT2D eigenvalue weighted by Gasteiger charge is 2.03. The third-order valence-corrected chi connectivity index (χ3v) is 1.74. The number of hydrogen-bond acceptors (Lipinski definition) is 4. The number of hydrogen-bond donors (Lipinski definition) is 2. The predicted molar refractivity (Wildman–Crippen MR) is 63.4 cm³/mol. The lowest BCUT2D eigenvalue weighted by atomic mass is 10.2. The second-order valence-corrected chi connectivity index (χ2v) is 3.08. The van der Waals surface area contributed by atoms with Gasteiger partial charge in [0.25, 0.3) is 5.97 Å². The van der Waals surface area contributed by atoms with Gasteiger partial charge in [0.1, 0.15) is 11.5 Å². The number of rotatable bonds is 4. The second kappa shape index (κ2) is 8.41. The Kier molecular flexibility index (Phi) is 7.54. The molecule has 0 aliphatic heterocycles. The van der Waals surface area contributed by atoms with Gasteiger partial charge in [-0.1, -0.05) is 0 Å². The zero-order valence-electron chi connectivity index (χ0n) is 10.3. The Morgan fingerprint density at radius 3 is 2.41 bits per heavy atom. The van der Waals surface area contributed by atoms with E-state index in [-0.39, 0.29) is 6.61 Å². The summed E-state index contributed by atoms with van der Waals surface area (Å²) >= 11 is 0. The Morgan fingerprint density at radius 2 is 2.00 bits per heavy atom. The monoisotopic (exact) mass is 242 g/mol. The number of methoxy groups -OCH3 is 1. The van der Waals surface area contributed by atoms with E-state index in [9.17, 15) is 0 Å². The van der Waals surface area contributed by atoms with Crippen LogP contribution >= 0.6 is 0 Å². The molecule has 0 saturated carbocycles. The van der Waals surface area contributed by atoms with Crippen LogP contribution in [-0.2, 0) is 11.4 Å². The van der Waals surface area contributed by atoms with Crippen molar-refractivity contribution in [3.05, 3.63) is 23.8 Å². The SMILES string of the molecule is CC(=O)O.CCOc1cc(OC)ccc1CO. The van der Waals surface area contributed by atoms with E-state index in [0.717, 1.165) is 18.2 Å². The summed E-state index contributed by atoms with van der Waals surface area (Å²) in [7, 11) is 1.60. The number of aliphatic hydroxyl groups excluding tert-OH is 1. The van der Waals surface area contributed by atoms with Gasteiger partial charge >= 0.3 is 0 Å². The fourth-order valence-electron chi connectivity index (χ4n) is 1.08. The van der Waals surface area contributed by atoms with Crippen LogP contribution in [-0.4, -0.2) is 29.9 Å². The number of aliphatic hydroxyl groups is 1. The molecule has 0 aliphatic carbocycles. The summed E-state index contributed by atoms with van der Waals surface area (Å²) in [4.78, 5) is 9.00. The summed E-state index contributed by atoms with van der Waals surface area (Å²) in [5.41, 5.74) is 0.780. The van der Waals surface area contributed by atoms with Gasteiger partial charge in [0.2, 0.25) is 0 Å². The third kappa shape index (κ3) is 6.42. The average Bonchev–Trinajstić information content (AvgIpc) is 2.28. The van der Waals surface area contributed by atoms with Gasteiger partial charge in [-0.25, -0.2) is 0 Å². The molecule has 0 saturated heterocycles. The molecule has 0 fully saturated rings. The fraction of sp³-hybridized carbons (Fsp3) is 0.417. The molecule has 0 bridgehead atoms. The normalized spacial score (nSPS) is 8.94. The maximum absolute atomic E-state index is 9.00. The van der Waals surface area contributed by atoms with E-state index in [1.165, 1.54) is 0 Å². The van der Waals surface area contributed by atoms with E-state index in [2.05, 4.69) is 0 Å². The zero-order valence-corrected chi connectivity index (χ0v) is 10.3. The van der Waals surface area contributed by atoms with E-state index in [1.54, 1.807) is 25.3 Å². The van der Waals surface area contributed by atoms with Crippen LogP contribution in [0.5, 0.6) is 11.5 Å². The number of benzene rings is 1. The van der Waals surface area contributed by atoms with E-state index in [1.807, 2.05) is 6.92 Å². The number of carboxylic acid groups (broad SMARTS) is 1. The van der Waals surface area contributed by atoms with E-state index in [0.29, 0.717) is 12.4 Å². The summed E-state index contributed by atoms with van der Waals surface area (Å²) in [6.45, 7) is 3.56. The van der Waals surface area contributed by atoms with Crippen LogP contribution in [0.2, 0.25) is 0 Å². The highest BCUT2D eigenvalue weighted by molar-refractivity contribution is 5.62. The summed E-state index contributed by atoms with van der Waals surface area (Å²) < 4.78 is 10.4. The molecule has 1 aromatic carbocycles. The molecule has 0 radical (unpaired) electrons. The highest BCUT2D eigenvalue weighted by Crippen LogP contribution is 2.24. The molecule has 96 valence electrons. The van der Waals surface area contributed by atoms with Crippen molar-refractivity contribution in [1.29, 1.82) is 0 Å². The highest BCUT2D eigenvalue weighted by atomic mass is 16.5. The van der Waals surface area contributed by atoms with Crippen molar-refractivity contribution in [2.24, 2.45) is 0 Å². The van der Waals surface area contributed by atoms with E-state index in [4.69, 9.17) is 24.5 Å². The Balaban J connectivity index is 0.000000557. The van der Waals surface area contributed by atoms with Crippen molar-refractivity contribution in [3.8, 4) is 11.5 Å². The molecular weight excluding hydrogens is 224 g/mol. The quantitative estimate of drug-likeness (QED) is 0.840. The minimum atomic E-state index is -0.833. The van der Waals surface area contributed by atoms with E-state index < -0.39 is 5.97 Å². The minimum Gasteiger partial charge on any atom is -0.497 e. The van der Waals surface area contributed by atoms with Crippen LogP contribution in [0, 0.1) is 0 Å². The molecule has 0 heterocycles. The molecule has 0 aliphatic rings. The van der Waals surface area contributed by atoms with Crippen LogP contribution in [0.15, 0.2) is 18.2 Å². The summed E-state index contributed by atoms with van der Waals surface area (Å²) in [5.74, 6) is 0.588. The Hall–Kier alpha value is -1.75. The average molecular weight is 242 g/mol. The van der Waals surface area contributed by atoms with Gasteiger partial charge in [-0.2, -0.15) is 0 Å². The largest absolute Gasteiger partial charge is 0.497 e. The fourth-order valence-corrected chi connectivity index (χ4v) is 1.08. The lowest BCUT2D eigenvalue weighted by Crippen LogP contribution is -1.97. The standard InChI is InChI=1S/C10H14O3.C2H4O2/c1-3-13-10-6-9(12-2)5-4-8(10)7-11;1-2(3)4/h4-6,11H,3,7H2,1-2H3;1H3,(H,3,4). The Bertz CT molecular complexity index is 345. The van der Waals surface area contributed by atoms with Gasteiger partial charge in [-0.3, -0.25) is 4.79 Å². The smallest absolute Gasteiger partial charge is 0.300 e. The Morgan fingerprint density at radius 1 is 1.41 bits per heavy atom. The minimum absolute atomic E-state index is 0.0146. The van der Waals surface area contributed by atoms with Crippen LogP contribution in [0.3, 0.4) is 0 Å². The molecular formula is C12H18O5. The first-order valence-corrected chi connectivity index (χ1v) is 5.15. The van der Waals surface area contributed by atoms with Crippen molar-refractivity contribution in [2.45, 2.75) is 20.5 Å². The van der Waals surface area contributed by atoms with E-state index >= 15 is 0 Å². The van der Waals surface area contributed by atoms with Gasteiger partial charge in [-0.05, 0) is 19.1 Å². The van der Waals surface area contributed by atoms with Crippen molar-refractivity contribution in [3.63, 3.8) is 0 Å².